The fourth-order valence-electron chi connectivity index (χ4n) is 2.25. The molecule has 1 aliphatic rings. The van der Waals surface area contributed by atoms with Gasteiger partial charge < -0.3 is 16.0 Å². The number of rotatable bonds is 6. The van der Waals surface area contributed by atoms with E-state index in [1.54, 1.807) is 0 Å². The molecule has 0 aromatic heterocycles. The summed E-state index contributed by atoms with van der Waals surface area (Å²) in [5.74, 6) is 0.201. The van der Waals surface area contributed by atoms with Crippen molar-refractivity contribution in [1.82, 2.24) is 10.2 Å². The Balaban J connectivity index is 2.38. The number of nitrogens with two attached hydrogens (primary N) is 1. The summed E-state index contributed by atoms with van der Waals surface area (Å²) in [6.45, 7) is 4.60. The van der Waals surface area contributed by atoms with Gasteiger partial charge in [0.1, 0.15) is 0 Å². The molecule has 0 bridgehead atoms. The molecule has 1 rings (SSSR count). The van der Waals surface area contributed by atoms with Crippen LogP contribution in [-0.4, -0.2) is 42.9 Å². The molecule has 1 fully saturated rings. The van der Waals surface area contributed by atoms with E-state index in [1.807, 2.05) is 11.8 Å². The van der Waals surface area contributed by atoms with Crippen molar-refractivity contribution >= 4 is 11.8 Å². The molecule has 104 valence electrons. The van der Waals surface area contributed by atoms with Crippen LogP contribution < -0.4 is 11.1 Å². The Morgan fingerprint density at radius 3 is 2.89 bits per heavy atom. The lowest BCUT2D eigenvalue weighted by atomic mass is 9.96. The first kappa shape index (κ1) is 15.0. The maximum absolute atomic E-state index is 11.9. The molecule has 5 nitrogen and oxygen atoms in total. The predicted octanol–water partition coefficient (Wildman–Crippen LogP) is 0.490. The minimum absolute atomic E-state index is 0.0441. The van der Waals surface area contributed by atoms with Gasteiger partial charge in [-0.1, -0.05) is 6.92 Å². The van der Waals surface area contributed by atoms with Gasteiger partial charge in [-0.05, 0) is 32.2 Å². The number of carbonyl (C=O) groups is 2. The molecule has 0 saturated carbocycles. The predicted molar refractivity (Wildman–Crippen MR) is 70.9 cm³/mol. The van der Waals surface area contributed by atoms with Crippen molar-refractivity contribution in [3.8, 4) is 0 Å². The highest BCUT2D eigenvalue weighted by Gasteiger charge is 2.27. The van der Waals surface area contributed by atoms with E-state index >= 15 is 0 Å². The highest BCUT2D eigenvalue weighted by molar-refractivity contribution is 5.81. The third kappa shape index (κ3) is 4.64. The van der Waals surface area contributed by atoms with Gasteiger partial charge in [-0.2, -0.15) is 0 Å². The number of nitrogens with zero attached hydrogens (tertiary/aromatic N) is 1. The summed E-state index contributed by atoms with van der Waals surface area (Å²) in [5.41, 5.74) is 5.38. The van der Waals surface area contributed by atoms with Crippen molar-refractivity contribution < 1.29 is 9.59 Å². The number of hydrogen-bond acceptors (Lipinski definition) is 3. The maximum Gasteiger partial charge on any atom is 0.224 e. The summed E-state index contributed by atoms with van der Waals surface area (Å²) in [6, 6.07) is 0. The van der Waals surface area contributed by atoms with Crippen LogP contribution in [0.1, 0.15) is 39.0 Å². The molecule has 5 heteroatoms. The fraction of sp³-hybridized carbons (Fsp3) is 0.846. The molecule has 0 radical (unpaired) electrons. The first-order valence-corrected chi connectivity index (χ1v) is 6.94. The van der Waals surface area contributed by atoms with Crippen LogP contribution in [0.3, 0.4) is 0 Å². The number of piperidine rings is 1. The second kappa shape index (κ2) is 8.08. The van der Waals surface area contributed by atoms with Crippen LogP contribution in [-0.2, 0) is 9.59 Å². The lowest BCUT2D eigenvalue weighted by Gasteiger charge is -2.32. The summed E-state index contributed by atoms with van der Waals surface area (Å²) in [5, 5.41) is 2.89. The molecule has 1 heterocycles. The molecular weight excluding hydrogens is 230 g/mol. The van der Waals surface area contributed by atoms with Gasteiger partial charge in [0, 0.05) is 26.1 Å². The van der Waals surface area contributed by atoms with Crippen molar-refractivity contribution in [2.75, 3.05) is 26.2 Å². The van der Waals surface area contributed by atoms with E-state index in [9.17, 15) is 9.59 Å². The average Bonchev–Trinajstić information content (AvgIpc) is 2.39. The molecule has 0 aromatic rings. The van der Waals surface area contributed by atoms with Crippen LogP contribution in [0, 0.1) is 5.92 Å². The van der Waals surface area contributed by atoms with Crippen LogP contribution >= 0.6 is 0 Å². The van der Waals surface area contributed by atoms with Crippen LogP contribution in [0.4, 0.5) is 0 Å². The molecule has 0 aromatic carbocycles. The molecule has 1 saturated heterocycles. The number of hydrogen-bond donors (Lipinski definition) is 2. The SMILES string of the molecule is CCCC(=O)N1CCCC(C(=O)NCCCN)C1. The zero-order valence-corrected chi connectivity index (χ0v) is 11.3. The number of likely N-dealkylation sites (tertiary alicyclic amines) is 1. The van der Waals surface area contributed by atoms with Crippen molar-refractivity contribution in [3.05, 3.63) is 0 Å². The molecule has 1 aliphatic heterocycles. The maximum atomic E-state index is 11.9. The van der Waals surface area contributed by atoms with Crippen molar-refractivity contribution in [2.24, 2.45) is 11.7 Å². The van der Waals surface area contributed by atoms with E-state index in [-0.39, 0.29) is 17.7 Å². The molecule has 2 amide bonds. The average molecular weight is 255 g/mol. The standard InChI is InChI=1S/C13H25N3O2/c1-2-5-12(17)16-9-3-6-11(10-16)13(18)15-8-4-7-14/h11H,2-10,14H2,1H3,(H,15,18). The summed E-state index contributed by atoms with van der Waals surface area (Å²) in [6.07, 6.45) is 4.05. The molecule has 1 atom stereocenters. The summed E-state index contributed by atoms with van der Waals surface area (Å²) < 4.78 is 0. The Hall–Kier alpha value is -1.10. The van der Waals surface area contributed by atoms with Crippen LogP contribution in [0.2, 0.25) is 0 Å². The Morgan fingerprint density at radius 1 is 1.44 bits per heavy atom. The topological polar surface area (TPSA) is 75.4 Å². The molecule has 0 spiro atoms. The van der Waals surface area contributed by atoms with Gasteiger partial charge in [0.2, 0.25) is 11.8 Å². The van der Waals surface area contributed by atoms with Gasteiger partial charge in [0.25, 0.3) is 0 Å². The number of amides is 2. The van der Waals surface area contributed by atoms with E-state index < -0.39 is 0 Å². The second-order valence-electron chi connectivity index (χ2n) is 4.86. The van der Waals surface area contributed by atoms with Crippen LogP contribution in [0.15, 0.2) is 0 Å². The molecule has 0 aliphatic carbocycles. The van der Waals surface area contributed by atoms with Gasteiger partial charge in [-0.3, -0.25) is 9.59 Å². The highest BCUT2D eigenvalue weighted by atomic mass is 16.2. The molecule has 3 N–H and O–H groups in total. The fourth-order valence-corrected chi connectivity index (χ4v) is 2.25. The number of nitrogens with one attached hydrogen (secondary N) is 1. The summed E-state index contributed by atoms with van der Waals surface area (Å²) >= 11 is 0. The highest BCUT2D eigenvalue weighted by Crippen LogP contribution is 2.17. The van der Waals surface area contributed by atoms with E-state index in [2.05, 4.69) is 5.32 Å². The third-order valence-electron chi connectivity index (χ3n) is 3.29. The van der Waals surface area contributed by atoms with Gasteiger partial charge >= 0.3 is 0 Å². The van der Waals surface area contributed by atoms with Gasteiger partial charge in [-0.25, -0.2) is 0 Å². The van der Waals surface area contributed by atoms with E-state index in [0.29, 0.717) is 26.1 Å². The Bertz CT molecular complexity index is 281. The molecular formula is C13H25N3O2. The molecule has 18 heavy (non-hydrogen) atoms. The van der Waals surface area contributed by atoms with Gasteiger partial charge in [-0.15, -0.1) is 0 Å². The van der Waals surface area contributed by atoms with E-state index in [1.165, 1.54) is 0 Å². The third-order valence-corrected chi connectivity index (χ3v) is 3.29. The molecule has 1 unspecified atom stereocenters. The normalized spacial score (nSPS) is 19.7. The number of carbonyl (C=O) groups excluding carboxylic acids is 2. The van der Waals surface area contributed by atoms with Crippen LogP contribution in [0.25, 0.3) is 0 Å². The quantitative estimate of drug-likeness (QED) is 0.678. The minimum Gasteiger partial charge on any atom is -0.356 e. The van der Waals surface area contributed by atoms with Gasteiger partial charge in [0.05, 0.1) is 5.92 Å². The van der Waals surface area contributed by atoms with E-state index in [4.69, 9.17) is 5.73 Å². The first-order chi connectivity index (χ1) is 8.69. The Kier molecular flexibility index (Phi) is 6.72. The second-order valence-corrected chi connectivity index (χ2v) is 4.86. The van der Waals surface area contributed by atoms with Crippen molar-refractivity contribution in [2.45, 2.75) is 39.0 Å². The van der Waals surface area contributed by atoms with Gasteiger partial charge in [0.15, 0.2) is 0 Å². The van der Waals surface area contributed by atoms with Crippen LogP contribution in [0.5, 0.6) is 0 Å². The van der Waals surface area contributed by atoms with Crippen molar-refractivity contribution in [1.29, 1.82) is 0 Å². The Labute approximate surface area is 109 Å². The van der Waals surface area contributed by atoms with E-state index in [0.717, 1.165) is 32.2 Å². The Morgan fingerprint density at radius 2 is 2.22 bits per heavy atom. The smallest absolute Gasteiger partial charge is 0.224 e. The largest absolute Gasteiger partial charge is 0.356 e. The minimum atomic E-state index is -0.0441. The zero-order chi connectivity index (χ0) is 13.4. The summed E-state index contributed by atoms with van der Waals surface area (Å²) in [4.78, 5) is 25.5. The van der Waals surface area contributed by atoms with Crippen molar-refractivity contribution in [3.63, 3.8) is 0 Å². The summed E-state index contributed by atoms with van der Waals surface area (Å²) in [7, 11) is 0. The lowest BCUT2D eigenvalue weighted by Crippen LogP contribution is -2.45. The monoisotopic (exact) mass is 255 g/mol. The first-order valence-electron chi connectivity index (χ1n) is 6.94. The zero-order valence-electron chi connectivity index (χ0n) is 11.3. The lowest BCUT2D eigenvalue weighted by molar-refractivity contribution is -0.135.